The molecular weight excluding hydrogens is 321 g/mol. The summed E-state index contributed by atoms with van der Waals surface area (Å²) in [6.45, 7) is 2.53. The molecule has 0 saturated heterocycles. The summed E-state index contributed by atoms with van der Waals surface area (Å²) in [5, 5.41) is 3.32. The van der Waals surface area contributed by atoms with Crippen molar-refractivity contribution in [3.63, 3.8) is 0 Å². The lowest BCUT2D eigenvalue weighted by Crippen LogP contribution is -2.18. The Bertz CT molecular complexity index is 588. The third kappa shape index (κ3) is 3.81. The van der Waals surface area contributed by atoms with E-state index in [1.54, 1.807) is 13.2 Å². The van der Waals surface area contributed by atoms with E-state index in [9.17, 15) is 4.39 Å². The Hall–Kier alpha value is -1.39. The summed E-state index contributed by atoms with van der Waals surface area (Å²) in [7, 11) is 1.65. The van der Waals surface area contributed by atoms with Gasteiger partial charge in [0.1, 0.15) is 11.6 Å². The number of halogens is 2. The highest BCUT2D eigenvalue weighted by molar-refractivity contribution is 9.10. The van der Waals surface area contributed by atoms with Crippen LogP contribution in [0.15, 0.2) is 46.9 Å². The summed E-state index contributed by atoms with van der Waals surface area (Å²) in [6, 6.07) is 13.1. The lowest BCUT2D eigenvalue weighted by Gasteiger charge is -2.15. The van der Waals surface area contributed by atoms with Gasteiger partial charge in [-0.05, 0) is 36.8 Å². The van der Waals surface area contributed by atoms with Crippen molar-refractivity contribution in [2.45, 2.75) is 19.5 Å². The van der Waals surface area contributed by atoms with Crippen molar-refractivity contribution >= 4 is 15.9 Å². The minimum absolute atomic E-state index is 0.119. The molecule has 0 bridgehead atoms. The van der Waals surface area contributed by atoms with Gasteiger partial charge in [-0.1, -0.05) is 34.1 Å². The molecule has 4 heteroatoms. The number of ether oxygens (including phenoxy) is 1. The molecule has 20 heavy (non-hydrogen) atoms. The Balaban J connectivity index is 2.02. The average molecular weight is 338 g/mol. The molecule has 0 saturated carbocycles. The molecule has 106 valence electrons. The van der Waals surface area contributed by atoms with Gasteiger partial charge in [0.25, 0.3) is 0 Å². The van der Waals surface area contributed by atoms with Crippen molar-refractivity contribution < 1.29 is 9.13 Å². The molecule has 2 rings (SSSR count). The Morgan fingerprint density at radius 3 is 2.75 bits per heavy atom. The van der Waals surface area contributed by atoms with E-state index in [0.717, 1.165) is 15.8 Å². The second-order valence-electron chi connectivity index (χ2n) is 4.61. The number of nitrogens with one attached hydrogen (secondary N) is 1. The van der Waals surface area contributed by atoms with Gasteiger partial charge in [0.05, 0.1) is 7.11 Å². The molecule has 1 N–H and O–H groups in total. The molecule has 2 aromatic carbocycles. The lowest BCUT2D eigenvalue weighted by atomic mass is 10.1. The Kier molecular flexibility index (Phi) is 5.15. The predicted octanol–water partition coefficient (Wildman–Crippen LogP) is 4.45. The van der Waals surface area contributed by atoms with Crippen molar-refractivity contribution in [1.29, 1.82) is 0 Å². The van der Waals surface area contributed by atoms with Gasteiger partial charge in [0.2, 0.25) is 0 Å². The second kappa shape index (κ2) is 6.86. The van der Waals surface area contributed by atoms with E-state index in [1.807, 2.05) is 37.3 Å². The smallest absolute Gasteiger partial charge is 0.128 e. The van der Waals surface area contributed by atoms with E-state index in [-0.39, 0.29) is 11.9 Å². The molecular formula is C16H17BrFNO. The van der Waals surface area contributed by atoms with Gasteiger partial charge in [0, 0.05) is 22.6 Å². The zero-order valence-electron chi connectivity index (χ0n) is 11.5. The van der Waals surface area contributed by atoms with E-state index in [2.05, 4.69) is 21.2 Å². The van der Waals surface area contributed by atoms with Crippen LogP contribution >= 0.6 is 15.9 Å². The van der Waals surface area contributed by atoms with Gasteiger partial charge < -0.3 is 10.1 Å². The maximum atomic E-state index is 13.7. The lowest BCUT2D eigenvalue weighted by molar-refractivity contribution is 0.413. The van der Waals surface area contributed by atoms with E-state index >= 15 is 0 Å². The first-order valence-corrected chi connectivity index (χ1v) is 7.20. The fourth-order valence-electron chi connectivity index (χ4n) is 1.96. The first kappa shape index (κ1) is 15.0. The van der Waals surface area contributed by atoms with E-state index in [1.165, 1.54) is 6.07 Å². The van der Waals surface area contributed by atoms with Crippen LogP contribution in [0.5, 0.6) is 5.75 Å². The zero-order chi connectivity index (χ0) is 14.5. The minimum Gasteiger partial charge on any atom is -0.497 e. The summed E-state index contributed by atoms with van der Waals surface area (Å²) in [4.78, 5) is 0. The van der Waals surface area contributed by atoms with Gasteiger partial charge >= 0.3 is 0 Å². The molecule has 0 aliphatic carbocycles. The van der Waals surface area contributed by atoms with Gasteiger partial charge in [-0.15, -0.1) is 0 Å². The first-order valence-electron chi connectivity index (χ1n) is 6.41. The molecule has 0 radical (unpaired) electrons. The molecule has 0 aliphatic heterocycles. The number of hydrogen-bond donors (Lipinski definition) is 1. The third-order valence-corrected chi connectivity index (χ3v) is 3.70. The third-order valence-electron chi connectivity index (χ3n) is 3.21. The number of hydrogen-bond acceptors (Lipinski definition) is 2. The highest BCUT2D eigenvalue weighted by Crippen LogP contribution is 2.20. The summed E-state index contributed by atoms with van der Waals surface area (Å²) >= 11 is 3.25. The van der Waals surface area contributed by atoms with Crippen LogP contribution < -0.4 is 10.1 Å². The molecule has 0 spiro atoms. The first-order chi connectivity index (χ1) is 9.60. The van der Waals surface area contributed by atoms with Crippen molar-refractivity contribution in [2.24, 2.45) is 0 Å². The minimum atomic E-state index is -0.204. The zero-order valence-corrected chi connectivity index (χ0v) is 13.1. The van der Waals surface area contributed by atoms with E-state index in [4.69, 9.17) is 4.74 Å². The summed E-state index contributed by atoms with van der Waals surface area (Å²) in [5.74, 6) is 0.621. The van der Waals surface area contributed by atoms with Gasteiger partial charge in [-0.25, -0.2) is 4.39 Å². The van der Waals surface area contributed by atoms with Crippen LogP contribution in [-0.4, -0.2) is 7.11 Å². The molecule has 0 heterocycles. The molecule has 2 aromatic rings. The summed E-state index contributed by atoms with van der Waals surface area (Å²) < 4.78 is 19.7. The monoisotopic (exact) mass is 337 g/mol. The van der Waals surface area contributed by atoms with E-state index in [0.29, 0.717) is 12.1 Å². The highest BCUT2D eigenvalue weighted by atomic mass is 79.9. The topological polar surface area (TPSA) is 21.3 Å². The Morgan fingerprint density at radius 1 is 1.25 bits per heavy atom. The molecule has 2 nitrogen and oxygen atoms in total. The average Bonchev–Trinajstić information content (AvgIpc) is 2.46. The largest absolute Gasteiger partial charge is 0.497 e. The van der Waals surface area contributed by atoms with Crippen molar-refractivity contribution in [2.75, 3.05) is 7.11 Å². The maximum absolute atomic E-state index is 13.7. The van der Waals surface area contributed by atoms with Gasteiger partial charge in [-0.3, -0.25) is 0 Å². The molecule has 1 atom stereocenters. The van der Waals surface area contributed by atoms with Crippen LogP contribution in [0.2, 0.25) is 0 Å². The summed E-state index contributed by atoms with van der Waals surface area (Å²) in [6.07, 6.45) is 0. The normalized spacial score (nSPS) is 12.2. The Labute approximate surface area is 127 Å². The van der Waals surface area contributed by atoms with E-state index < -0.39 is 0 Å². The molecule has 0 amide bonds. The molecule has 0 aromatic heterocycles. The van der Waals surface area contributed by atoms with Crippen molar-refractivity contribution in [3.8, 4) is 5.75 Å². The summed E-state index contributed by atoms with van der Waals surface area (Å²) in [5.41, 5.74) is 1.77. The van der Waals surface area contributed by atoms with Crippen LogP contribution in [-0.2, 0) is 6.54 Å². The van der Waals surface area contributed by atoms with Crippen LogP contribution in [0.1, 0.15) is 24.1 Å². The van der Waals surface area contributed by atoms with Gasteiger partial charge in [-0.2, -0.15) is 0 Å². The molecule has 0 aliphatic rings. The van der Waals surface area contributed by atoms with Crippen LogP contribution in [0.25, 0.3) is 0 Å². The molecule has 0 unspecified atom stereocenters. The van der Waals surface area contributed by atoms with Crippen molar-refractivity contribution in [3.05, 3.63) is 63.9 Å². The maximum Gasteiger partial charge on any atom is 0.128 e. The Morgan fingerprint density at radius 2 is 2.05 bits per heavy atom. The number of rotatable bonds is 5. The highest BCUT2D eigenvalue weighted by Gasteiger charge is 2.08. The van der Waals surface area contributed by atoms with Crippen LogP contribution in [0.4, 0.5) is 4.39 Å². The number of benzene rings is 2. The van der Waals surface area contributed by atoms with Crippen molar-refractivity contribution in [1.82, 2.24) is 5.32 Å². The predicted molar refractivity (Wildman–Crippen MR) is 82.3 cm³/mol. The fraction of sp³-hybridized carbons (Fsp3) is 0.250. The van der Waals surface area contributed by atoms with Gasteiger partial charge in [0.15, 0.2) is 0 Å². The second-order valence-corrected chi connectivity index (χ2v) is 5.53. The van der Waals surface area contributed by atoms with Crippen LogP contribution in [0, 0.1) is 5.82 Å². The standard InChI is InChI=1S/C16H17BrFNO/c1-11(12-4-3-5-15(8-12)20-2)19-10-13-6-7-14(17)9-16(13)18/h3-9,11,19H,10H2,1-2H3/t11-/m0/s1. The fourth-order valence-corrected chi connectivity index (χ4v) is 2.29. The molecule has 0 fully saturated rings. The van der Waals surface area contributed by atoms with Crippen LogP contribution in [0.3, 0.4) is 0 Å². The SMILES string of the molecule is COc1cccc([C@H](C)NCc2ccc(Br)cc2F)c1. The quantitative estimate of drug-likeness (QED) is 0.870. The number of methoxy groups -OCH3 is 1.